The highest BCUT2D eigenvalue weighted by Crippen LogP contribution is 2.37. The topological polar surface area (TPSA) is 44.8 Å². The molecule has 0 heterocycles. The average Bonchev–Trinajstić information content (AvgIpc) is 2.77. The summed E-state index contributed by atoms with van der Waals surface area (Å²) in [6, 6.07) is 0. The van der Waals surface area contributed by atoms with Crippen molar-refractivity contribution in [3.8, 4) is 0 Å². The van der Waals surface area contributed by atoms with E-state index in [0.29, 0.717) is 6.61 Å². The maximum Gasteiger partial charge on any atom is 0.192 e. The Morgan fingerprint density at radius 1 is 0.970 bits per heavy atom. The van der Waals surface area contributed by atoms with Crippen LogP contribution in [0.1, 0.15) is 81.1 Å². The molecule has 4 nitrogen and oxygen atoms in total. The van der Waals surface area contributed by atoms with Crippen LogP contribution < -0.4 is 0 Å². The first-order valence-corrected chi connectivity index (χ1v) is 15.6. The van der Waals surface area contributed by atoms with Gasteiger partial charge in [0.2, 0.25) is 0 Å². The highest BCUT2D eigenvalue weighted by Gasteiger charge is 2.37. The summed E-state index contributed by atoms with van der Waals surface area (Å²) in [6.45, 7) is 23.1. The molecule has 5 heteroatoms. The van der Waals surface area contributed by atoms with Crippen LogP contribution in [-0.2, 0) is 18.7 Å². The average molecular weight is 481 g/mol. The van der Waals surface area contributed by atoms with Gasteiger partial charge >= 0.3 is 0 Å². The third-order valence-electron chi connectivity index (χ3n) is 6.93. The molecule has 0 fully saturated rings. The molecule has 0 saturated heterocycles. The second-order valence-electron chi connectivity index (χ2n) is 10.5. The second-order valence-corrected chi connectivity index (χ2v) is 15.3. The molecule has 33 heavy (non-hydrogen) atoms. The van der Waals surface area contributed by atoms with E-state index in [2.05, 4.69) is 79.8 Å². The van der Waals surface area contributed by atoms with Gasteiger partial charge in [0.1, 0.15) is 13.1 Å². The molecule has 0 N–H and O–H groups in total. The van der Waals surface area contributed by atoms with E-state index in [4.69, 9.17) is 13.9 Å². The van der Waals surface area contributed by atoms with E-state index in [9.17, 15) is 4.79 Å². The fraction of sp³-hybridized carbons (Fsp3) is 0.750. The molecule has 0 amide bonds. The van der Waals surface area contributed by atoms with Gasteiger partial charge in [0.15, 0.2) is 8.32 Å². The Hall–Kier alpha value is -1.01. The number of hydrogen-bond donors (Lipinski definition) is 0. The first-order valence-electron chi connectivity index (χ1n) is 12.7. The summed E-state index contributed by atoms with van der Waals surface area (Å²) in [5, 5.41) is 0.206. The highest BCUT2D eigenvalue weighted by molar-refractivity contribution is 6.74. The van der Waals surface area contributed by atoms with Crippen molar-refractivity contribution in [1.29, 1.82) is 0 Å². The van der Waals surface area contributed by atoms with Gasteiger partial charge in [-0.2, -0.15) is 0 Å². The summed E-state index contributed by atoms with van der Waals surface area (Å²) >= 11 is 0. The summed E-state index contributed by atoms with van der Waals surface area (Å²) in [5.41, 5.74) is 3.46. The molecule has 0 rings (SSSR count). The zero-order valence-corrected chi connectivity index (χ0v) is 24.4. The van der Waals surface area contributed by atoms with Gasteiger partial charge in [0.25, 0.3) is 0 Å². The molecule has 0 aromatic rings. The molecule has 3 atom stereocenters. The quantitative estimate of drug-likeness (QED) is 0.0741. The van der Waals surface area contributed by atoms with Gasteiger partial charge in [-0.15, -0.1) is 0 Å². The van der Waals surface area contributed by atoms with Gasteiger partial charge in [-0.3, -0.25) is 4.79 Å². The number of rotatable bonds is 16. The van der Waals surface area contributed by atoms with Gasteiger partial charge in [-0.05, 0) is 55.0 Å². The van der Waals surface area contributed by atoms with Gasteiger partial charge in [-0.1, -0.05) is 79.2 Å². The smallest absolute Gasteiger partial charge is 0.192 e. The van der Waals surface area contributed by atoms with Crippen LogP contribution in [-0.4, -0.2) is 41.2 Å². The number of carbonyl (C=O) groups excluding carboxylic acids is 1. The van der Waals surface area contributed by atoms with Crippen molar-refractivity contribution >= 4 is 14.6 Å². The van der Waals surface area contributed by atoms with E-state index in [1.807, 2.05) is 6.92 Å². The Morgan fingerprint density at radius 2 is 1.58 bits per heavy atom. The van der Waals surface area contributed by atoms with E-state index in [1.54, 1.807) is 7.11 Å². The van der Waals surface area contributed by atoms with E-state index in [1.165, 1.54) is 11.1 Å². The van der Waals surface area contributed by atoms with Crippen LogP contribution in [0.5, 0.6) is 0 Å². The van der Waals surface area contributed by atoms with Crippen LogP contribution in [0.3, 0.4) is 0 Å². The monoisotopic (exact) mass is 480 g/mol. The van der Waals surface area contributed by atoms with E-state index >= 15 is 0 Å². The van der Waals surface area contributed by atoms with Crippen LogP contribution in [0.4, 0.5) is 0 Å². The fourth-order valence-corrected chi connectivity index (χ4v) is 4.45. The molecule has 0 aromatic heterocycles. The molecular formula is C28H52O4Si. The lowest BCUT2D eigenvalue weighted by Crippen LogP contribution is -2.41. The van der Waals surface area contributed by atoms with Crippen molar-refractivity contribution in [2.24, 2.45) is 11.8 Å². The summed E-state index contributed by atoms with van der Waals surface area (Å²) in [5.74, 6) is 0.331. The van der Waals surface area contributed by atoms with E-state index in [0.717, 1.165) is 37.5 Å². The molecule has 0 aliphatic carbocycles. The summed E-state index contributed by atoms with van der Waals surface area (Å²) in [6.07, 6.45) is 11.2. The zero-order chi connectivity index (χ0) is 25.7. The largest absolute Gasteiger partial charge is 0.413 e. The lowest BCUT2D eigenvalue weighted by Gasteiger charge is -2.36. The third-order valence-corrected chi connectivity index (χ3v) is 11.4. The SMILES string of the molecule is CC/C(C=O)=C/[C@H](CC)[C@H](OCOC)[C@@H](C)/C=C(/C=C(\CC)CO[Si](C)(C)C(C)(C)C)CC. The zero-order valence-electron chi connectivity index (χ0n) is 23.4. The standard InChI is InChI=1S/C28H52O4Si/c1-12-23(17-25(14-3)20-32-33(10,11)28(6,7)8)16-22(5)27(31-21-30-9)26(15-4)18-24(13-2)19-29/h16-19,22,26-27H,12-15,20-21H2,1-11H3/b23-16+,24-18-,25-17+/t22-,26-,27+/m0/s1. The second kappa shape index (κ2) is 15.8. The van der Waals surface area contributed by atoms with Gasteiger partial charge in [-0.25, -0.2) is 0 Å². The molecule has 192 valence electrons. The first-order chi connectivity index (χ1) is 15.4. The Balaban J connectivity index is 5.82. The molecule has 0 aromatic carbocycles. The minimum Gasteiger partial charge on any atom is -0.413 e. The Bertz CT molecular complexity index is 655. The summed E-state index contributed by atoms with van der Waals surface area (Å²) in [4.78, 5) is 11.4. The van der Waals surface area contributed by atoms with E-state index in [-0.39, 0.29) is 29.8 Å². The van der Waals surface area contributed by atoms with Crippen molar-refractivity contribution in [2.45, 2.75) is 105 Å². The van der Waals surface area contributed by atoms with Crippen LogP contribution in [0.15, 0.2) is 34.9 Å². The Labute approximate surface area is 206 Å². The van der Waals surface area contributed by atoms with Crippen LogP contribution in [0.25, 0.3) is 0 Å². The molecule has 0 aliphatic rings. The highest BCUT2D eigenvalue weighted by atomic mass is 28.4. The maximum absolute atomic E-state index is 11.4. The van der Waals surface area contributed by atoms with Gasteiger partial charge in [0.05, 0.1) is 12.7 Å². The molecule has 0 saturated carbocycles. The Morgan fingerprint density at radius 3 is 2.00 bits per heavy atom. The van der Waals surface area contributed by atoms with Gasteiger partial charge in [0, 0.05) is 18.9 Å². The summed E-state index contributed by atoms with van der Waals surface area (Å²) in [7, 11) is -0.136. The van der Waals surface area contributed by atoms with Crippen molar-refractivity contribution in [3.05, 3.63) is 34.9 Å². The van der Waals surface area contributed by atoms with E-state index < -0.39 is 8.32 Å². The summed E-state index contributed by atoms with van der Waals surface area (Å²) < 4.78 is 17.8. The van der Waals surface area contributed by atoms with Crippen molar-refractivity contribution in [2.75, 3.05) is 20.5 Å². The molecular weight excluding hydrogens is 428 g/mol. The fourth-order valence-electron chi connectivity index (χ4n) is 3.47. The number of allylic oxidation sites excluding steroid dienone is 3. The number of carbonyl (C=O) groups is 1. The maximum atomic E-state index is 11.4. The normalized spacial score (nSPS) is 17.1. The number of aldehydes is 1. The van der Waals surface area contributed by atoms with Crippen molar-refractivity contribution in [1.82, 2.24) is 0 Å². The first kappa shape index (κ1) is 32.0. The van der Waals surface area contributed by atoms with Crippen LogP contribution in [0.2, 0.25) is 18.1 Å². The van der Waals surface area contributed by atoms with Crippen LogP contribution >= 0.6 is 0 Å². The molecule has 0 unspecified atom stereocenters. The predicted molar refractivity (Wildman–Crippen MR) is 144 cm³/mol. The lowest BCUT2D eigenvalue weighted by atomic mass is 9.86. The number of ether oxygens (including phenoxy) is 2. The minimum atomic E-state index is -1.78. The Kier molecular flexibility index (Phi) is 15.3. The third kappa shape index (κ3) is 11.3. The number of methoxy groups -OCH3 is 1. The van der Waals surface area contributed by atoms with Crippen molar-refractivity contribution < 1.29 is 18.7 Å². The van der Waals surface area contributed by atoms with Gasteiger partial charge < -0.3 is 13.9 Å². The lowest BCUT2D eigenvalue weighted by molar-refractivity contribution is -0.105. The van der Waals surface area contributed by atoms with Crippen molar-refractivity contribution in [3.63, 3.8) is 0 Å². The minimum absolute atomic E-state index is 0.0556. The molecule has 0 spiro atoms. The predicted octanol–water partition coefficient (Wildman–Crippen LogP) is 7.87. The molecule has 0 aliphatic heterocycles. The molecule has 0 radical (unpaired) electrons. The van der Waals surface area contributed by atoms with Crippen LogP contribution in [0, 0.1) is 11.8 Å². The number of hydrogen-bond acceptors (Lipinski definition) is 4. The molecule has 0 bridgehead atoms.